The van der Waals surface area contributed by atoms with Crippen LogP contribution in [0.3, 0.4) is 0 Å². The van der Waals surface area contributed by atoms with Gasteiger partial charge in [-0.1, -0.05) is 30.3 Å². The zero-order valence-corrected chi connectivity index (χ0v) is 18.4. The Morgan fingerprint density at radius 3 is 2.47 bits per heavy atom. The number of sulfonamides is 1. The minimum absolute atomic E-state index is 0.109. The number of nitrogens with zero attached hydrogens (tertiary/aromatic N) is 2. The fourth-order valence-electron chi connectivity index (χ4n) is 3.68. The summed E-state index contributed by atoms with van der Waals surface area (Å²) in [6.07, 6.45) is 1.87. The van der Waals surface area contributed by atoms with Gasteiger partial charge in [-0.3, -0.25) is 19.8 Å². The number of piperidine rings is 1. The minimum Gasteiger partial charge on any atom is -0.379 e. The topological polar surface area (TPSA) is 148 Å². The molecule has 3 rings (SSSR count). The molecule has 0 aliphatic carbocycles. The van der Waals surface area contributed by atoms with Crippen molar-refractivity contribution in [1.29, 1.82) is 0 Å². The Bertz CT molecular complexity index is 1050. The first-order valence-electron chi connectivity index (χ1n) is 10.3. The van der Waals surface area contributed by atoms with Crippen molar-refractivity contribution in [3.8, 4) is 0 Å². The maximum atomic E-state index is 12.3. The van der Waals surface area contributed by atoms with Gasteiger partial charge in [-0.15, -0.1) is 0 Å². The molecule has 1 amide bonds. The molecule has 0 radical (unpaired) electrons. The maximum Gasteiger partial charge on any atom is 0.293 e. The number of rotatable bonds is 9. The molecular formula is C21H27N5O5S. The summed E-state index contributed by atoms with van der Waals surface area (Å²) in [4.78, 5) is 24.9. The third-order valence-corrected chi connectivity index (χ3v) is 6.27. The number of hydrogen-bond acceptors (Lipinski definition) is 7. The Morgan fingerprint density at radius 1 is 1.16 bits per heavy atom. The zero-order chi connectivity index (χ0) is 23.1. The number of likely N-dealkylation sites (tertiary alicyclic amines) is 1. The predicted molar refractivity (Wildman–Crippen MR) is 120 cm³/mol. The van der Waals surface area contributed by atoms with E-state index in [1.54, 1.807) is 0 Å². The van der Waals surface area contributed by atoms with Crippen molar-refractivity contribution in [2.45, 2.75) is 36.7 Å². The van der Waals surface area contributed by atoms with Crippen LogP contribution in [0.5, 0.6) is 0 Å². The quantitative estimate of drug-likeness (QED) is 0.381. The molecule has 2 aromatic rings. The van der Waals surface area contributed by atoms with Crippen LogP contribution in [0, 0.1) is 10.1 Å². The lowest BCUT2D eigenvalue weighted by Gasteiger charge is -2.32. The molecule has 32 heavy (non-hydrogen) atoms. The van der Waals surface area contributed by atoms with E-state index in [0.29, 0.717) is 0 Å². The number of amides is 1. The molecular weight excluding hydrogens is 434 g/mol. The highest BCUT2D eigenvalue weighted by atomic mass is 32.2. The molecule has 0 unspecified atom stereocenters. The number of hydrogen-bond donors (Lipinski definition) is 3. The number of carbonyl (C=O) groups is 1. The normalized spacial score (nSPS) is 15.3. The lowest BCUT2D eigenvalue weighted by atomic mass is 10.0. The molecule has 11 heteroatoms. The van der Waals surface area contributed by atoms with Crippen molar-refractivity contribution in [3.63, 3.8) is 0 Å². The molecule has 1 saturated heterocycles. The molecule has 0 bridgehead atoms. The average molecular weight is 462 g/mol. The van der Waals surface area contributed by atoms with Gasteiger partial charge >= 0.3 is 0 Å². The monoisotopic (exact) mass is 461 g/mol. The number of primary sulfonamides is 1. The molecule has 4 N–H and O–H groups in total. The van der Waals surface area contributed by atoms with Crippen molar-refractivity contribution in [2.75, 3.05) is 25.0 Å². The lowest BCUT2D eigenvalue weighted by molar-refractivity contribution is -0.384. The number of benzene rings is 2. The summed E-state index contributed by atoms with van der Waals surface area (Å²) in [5.74, 6) is -0.136. The Hall–Kier alpha value is -3.02. The van der Waals surface area contributed by atoms with Crippen molar-refractivity contribution < 1.29 is 18.1 Å². The van der Waals surface area contributed by atoms with Crippen LogP contribution in [0.1, 0.15) is 24.8 Å². The summed E-state index contributed by atoms with van der Waals surface area (Å²) in [5.41, 5.74) is 0.986. The first-order chi connectivity index (χ1) is 15.2. The molecule has 2 aromatic carbocycles. The van der Waals surface area contributed by atoms with Gasteiger partial charge in [0.05, 0.1) is 9.82 Å². The Morgan fingerprint density at radius 2 is 1.84 bits per heavy atom. The highest BCUT2D eigenvalue weighted by molar-refractivity contribution is 7.89. The smallest absolute Gasteiger partial charge is 0.293 e. The van der Waals surface area contributed by atoms with E-state index in [0.717, 1.165) is 38.5 Å². The van der Waals surface area contributed by atoms with Gasteiger partial charge in [0, 0.05) is 44.7 Å². The van der Waals surface area contributed by atoms with Crippen molar-refractivity contribution in [3.05, 3.63) is 64.2 Å². The molecule has 0 atom stereocenters. The minimum atomic E-state index is -4.05. The summed E-state index contributed by atoms with van der Waals surface area (Å²) in [7, 11) is -4.05. The Labute approximate surface area is 187 Å². The second-order valence-corrected chi connectivity index (χ2v) is 9.32. The second-order valence-electron chi connectivity index (χ2n) is 7.76. The van der Waals surface area contributed by atoms with Gasteiger partial charge < -0.3 is 10.6 Å². The van der Waals surface area contributed by atoms with Crippen LogP contribution in [0.4, 0.5) is 11.4 Å². The van der Waals surface area contributed by atoms with E-state index >= 15 is 0 Å². The number of carbonyl (C=O) groups excluding carboxylic acids is 1. The van der Waals surface area contributed by atoms with Crippen LogP contribution < -0.4 is 15.8 Å². The van der Waals surface area contributed by atoms with E-state index in [1.807, 2.05) is 18.2 Å². The van der Waals surface area contributed by atoms with Gasteiger partial charge in [-0.25, -0.2) is 13.6 Å². The van der Waals surface area contributed by atoms with E-state index in [1.165, 1.54) is 17.7 Å². The summed E-state index contributed by atoms with van der Waals surface area (Å²) >= 11 is 0. The lowest BCUT2D eigenvalue weighted by Crippen LogP contribution is -2.44. The molecule has 1 aliphatic heterocycles. The highest BCUT2D eigenvalue weighted by Crippen LogP contribution is 2.27. The van der Waals surface area contributed by atoms with E-state index in [2.05, 4.69) is 27.7 Å². The number of nitro groups is 1. The Kier molecular flexibility index (Phi) is 7.78. The van der Waals surface area contributed by atoms with Gasteiger partial charge in [0.25, 0.3) is 5.69 Å². The number of nitro benzene ring substituents is 1. The largest absolute Gasteiger partial charge is 0.379 e. The molecule has 1 heterocycles. The van der Waals surface area contributed by atoms with Crippen molar-refractivity contribution in [1.82, 2.24) is 10.2 Å². The van der Waals surface area contributed by atoms with Gasteiger partial charge in [-0.05, 0) is 30.5 Å². The van der Waals surface area contributed by atoms with E-state index in [4.69, 9.17) is 5.14 Å². The Balaban J connectivity index is 1.43. The van der Waals surface area contributed by atoms with Gasteiger partial charge in [0.1, 0.15) is 5.69 Å². The molecule has 172 valence electrons. The van der Waals surface area contributed by atoms with Crippen LogP contribution >= 0.6 is 0 Å². The fourth-order valence-corrected chi connectivity index (χ4v) is 4.21. The van der Waals surface area contributed by atoms with Gasteiger partial charge in [0.2, 0.25) is 15.9 Å². The van der Waals surface area contributed by atoms with E-state index in [-0.39, 0.29) is 35.5 Å². The summed E-state index contributed by atoms with van der Waals surface area (Å²) in [5, 5.41) is 22.1. The molecule has 0 saturated carbocycles. The number of anilines is 1. The van der Waals surface area contributed by atoms with Crippen LogP contribution in [0.2, 0.25) is 0 Å². The standard InChI is InChI=1S/C21H27N5O5S/c22-32(30,31)18-6-7-19(20(14-18)26(28)29)23-11-8-21(27)24-17-9-12-25(13-10-17)15-16-4-2-1-3-5-16/h1-7,14,17,23H,8-13,15H2,(H,24,27)(H2,22,30,31). The number of nitrogens with two attached hydrogens (primary N) is 1. The SMILES string of the molecule is NS(=O)(=O)c1ccc(NCCC(=O)NC2CCN(Cc3ccccc3)CC2)c([N+](=O)[O-])c1. The van der Waals surface area contributed by atoms with Crippen LogP contribution in [-0.4, -0.2) is 49.8 Å². The van der Waals surface area contributed by atoms with Gasteiger partial charge in [-0.2, -0.15) is 0 Å². The van der Waals surface area contributed by atoms with E-state index in [9.17, 15) is 23.3 Å². The average Bonchev–Trinajstić information content (AvgIpc) is 2.75. The second kappa shape index (κ2) is 10.5. The molecule has 0 spiro atoms. The third-order valence-electron chi connectivity index (χ3n) is 5.36. The summed E-state index contributed by atoms with van der Waals surface area (Å²) in [6.45, 7) is 2.88. The first-order valence-corrected chi connectivity index (χ1v) is 11.9. The predicted octanol–water partition coefficient (Wildman–Crippen LogP) is 1.83. The highest BCUT2D eigenvalue weighted by Gasteiger charge is 2.21. The molecule has 0 aromatic heterocycles. The van der Waals surface area contributed by atoms with Crippen LogP contribution in [0.15, 0.2) is 53.4 Å². The van der Waals surface area contributed by atoms with Crippen LogP contribution in [-0.2, 0) is 21.4 Å². The van der Waals surface area contributed by atoms with Gasteiger partial charge in [0.15, 0.2) is 0 Å². The zero-order valence-electron chi connectivity index (χ0n) is 17.6. The van der Waals surface area contributed by atoms with Crippen molar-refractivity contribution in [2.24, 2.45) is 5.14 Å². The van der Waals surface area contributed by atoms with Crippen molar-refractivity contribution >= 4 is 27.3 Å². The molecule has 1 fully saturated rings. The number of nitrogens with one attached hydrogen (secondary N) is 2. The summed E-state index contributed by atoms with van der Waals surface area (Å²) in [6, 6.07) is 13.7. The molecule has 10 nitrogen and oxygen atoms in total. The summed E-state index contributed by atoms with van der Waals surface area (Å²) < 4.78 is 22.8. The third kappa shape index (κ3) is 6.74. The fraction of sp³-hybridized carbons (Fsp3) is 0.381. The maximum absolute atomic E-state index is 12.3. The first kappa shape index (κ1) is 23.6. The molecule has 1 aliphatic rings. The van der Waals surface area contributed by atoms with E-state index < -0.39 is 20.6 Å². The van der Waals surface area contributed by atoms with Crippen LogP contribution in [0.25, 0.3) is 0 Å².